The molecule has 1 aromatic carbocycles. The number of ether oxygens (including phenoxy) is 1. The summed E-state index contributed by atoms with van der Waals surface area (Å²) in [4.78, 5) is 16.3. The van der Waals surface area contributed by atoms with Crippen molar-refractivity contribution in [2.45, 2.75) is 45.4 Å². The Morgan fingerprint density at radius 2 is 1.96 bits per heavy atom. The normalized spacial score (nSPS) is 13.4. The van der Waals surface area contributed by atoms with Crippen molar-refractivity contribution in [3.8, 4) is 5.88 Å². The molecule has 1 atom stereocenters. The third-order valence-corrected chi connectivity index (χ3v) is 3.54. The van der Waals surface area contributed by atoms with Crippen LogP contribution in [-0.4, -0.2) is 22.1 Å². The van der Waals surface area contributed by atoms with Crippen LogP contribution in [0.2, 0.25) is 0 Å². The smallest absolute Gasteiger partial charge is 0.223 e. The summed E-state index contributed by atoms with van der Waals surface area (Å²) in [6, 6.07) is 12.8. The van der Waals surface area contributed by atoms with E-state index in [0.29, 0.717) is 12.4 Å². The van der Waals surface area contributed by atoms with Crippen LogP contribution in [0.3, 0.4) is 0 Å². The molecule has 5 nitrogen and oxygen atoms in total. The Hall–Kier alpha value is -2.40. The molecule has 2 rings (SSSR count). The third kappa shape index (κ3) is 5.35. The Morgan fingerprint density at radius 3 is 2.54 bits per heavy atom. The standard InChI is InChI=1S/C19H24N2O3/c1-14(2)24-18-10-9-15(13-21-18)12-20-17(22)11-19(3,23)16-7-5-4-6-8-16/h4-10,13-14,23H,11-12H2,1-3H3,(H,20,22). The number of benzene rings is 1. The van der Waals surface area contributed by atoms with Crippen molar-refractivity contribution in [3.05, 3.63) is 59.8 Å². The molecule has 0 saturated carbocycles. The van der Waals surface area contributed by atoms with Crippen molar-refractivity contribution in [1.29, 1.82) is 0 Å². The first kappa shape index (κ1) is 17.9. The number of rotatable bonds is 7. The van der Waals surface area contributed by atoms with Crippen LogP contribution in [0.5, 0.6) is 5.88 Å². The summed E-state index contributed by atoms with van der Waals surface area (Å²) in [5.41, 5.74) is 0.397. The largest absolute Gasteiger partial charge is 0.475 e. The molecular formula is C19H24N2O3. The van der Waals surface area contributed by atoms with Gasteiger partial charge in [0, 0.05) is 18.8 Å². The maximum absolute atomic E-state index is 12.1. The molecule has 0 aliphatic rings. The second-order valence-electron chi connectivity index (χ2n) is 6.26. The number of amides is 1. The average Bonchev–Trinajstić information content (AvgIpc) is 2.54. The summed E-state index contributed by atoms with van der Waals surface area (Å²) in [6.45, 7) is 5.88. The Kier molecular flexibility index (Phi) is 5.93. The number of aliphatic hydroxyl groups is 1. The van der Waals surface area contributed by atoms with E-state index >= 15 is 0 Å². The lowest BCUT2D eigenvalue weighted by Gasteiger charge is -2.23. The number of hydrogen-bond acceptors (Lipinski definition) is 4. The zero-order valence-electron chi connectivity index (χ0n) is 14.3. The maximum Gasteiger partial charge on any atom is 0.223 e. The van der Waals surface area contributed by atoms with Crippen LogP contribution in [0.1, 0.15) is 38.3 Å². The molecule has 0 aliphatic heterocycles. The van der Waals surface area contributed by atoms with E-state index in [1.165, 1.54) is 0 Å². The second-order valence-corrected chi connectivity index (χ2v) is 6.26. The van der Waals surface area contributed by atoms with Crippen LogP contribution in [0.4, 0.5) is 0 Å². The van der Waals surface area contributed by atoms with E-state index in [0.717, 1.165) is 11.1 Å². The van der Waals surface area contributed by atoms with Gasteiger partial charge in [-0.1, -0.05) is 36.4 Å². The van der Waals surface area contributed by atoms with Crippen LogP contribution < -0.4 is 10.1 Å². The van der Waals surface area contributed by atoms with Gasteiger partial charge in [0.2, 0.25) is 11.8 Å². The van der Waals surface area contributed by atoms with Crippen LogP contribution in [0.25, 0.3) is 0 Å². The molecule has 24 heavy (non-hydrogen) atoms. The van der Waals surface area contributed by atoms with Crippen molar-refractivity contribution in [3.63, 3.8) is 0 Å². The van der Waals surface area contributed by atoms with E-state index in [4.69, 9.17) is 4.74 Å². The van der Waals surface area contributed by atoms with Gasteiger partial charge in [-0.15, -0.1) is 0 Å². The summed E-state index contributed by atoms with van der Waals surface area (Å²) >= 11 is 0. The van der Waals surface area contributed by atoms with Crippen LogP contribution in [0, 0.1) is 0 Å². The highest BCUT2D eigenvalue weighted by Gasteiger charge is 2.26. The van der Waals surface area contributed by atoms with E-state index in [2.05, 4.69) is 10.3 Å². The lowest BCUT2D eigenvalue weighted by atomic mass is 9.92. The Labute approximate surface area is 142 Å². The van der Waals surface area contributed by atoms with Crippen molar-refractivity contribution in [1.82, 2.24) is 10.3 Å². The maximum atomic E-state index is 12.1. The topological polar surface area (TPSA) is 71.5 Å². The zero-order chi connectivity index (χ0) is 17.6. The molecule has 128 valence electrons. The number of carbonyl (C=O) groups is 1. The molecule has 1 aromatic heterocycles. The number of nitrogens with zero attached hydrogens (tertiary/aromatic N) is 1. The highest BCUT2D eigenvalue weighted by atomic mass is 16.5. The van der Waals surface area contributed by atoms with Gasteiger partial charge in [0.15, 0.2) is 0 Å². The van der Waals surface area contributed by atoms with Gasteiger partial charge in [0.1, 0.15) is 0 Å². The number of pyridine rings is 1. The second kappa shape index (κ2) is 7.93. The number of aromatic nitrogens is 1. The molecule has 0 spiro atoms. The van der Waals surface area contributed by atoms with Crippen LogP contribution in [-0.2, 0) is 16.9 Å². The molecule has 0 bridgehead atoms. The van der Waals surface area contributed by atoms with E-state index in [1.54, 1.807) is 19.2 Å². The Morgan fingerprint density at radius 1 is 1.25 bits per heavy atom. The molecule has 0 saturated heterocycles. The lowest BCUT2D eigenvalue weighted by molar-refractivity contribution is -0.126. The number of hydrogen-bond donors (Lipinski definition) is 2. The Balaban J connectivity index is 1.87. The van der Waals surface area contributed by atoms with E-state index in [9.17, 15) is 9.90 Å². The van der Waals surface area contributed by atoms with Crippen molar-refractivity contribution >= 4 is 5.91 Å². The first-order chi connectivity index (χ1) is 11.4. The van der Waals surface area contributed by atoms with Gasteiger partial charge >= 0.3 is 0 Å². The molecule has 1 amide bonds. The van der Waals surface area contributed by atoms with Crippen molar-refractivity contribution < 1.29 is 14.6 Å². The minimum atomic E-state index is -1.20. The van der Waals surface area contributed by atoms with Gasteiger partial charge in [-0.2, -0.15) is 0 Å². The minimum absolute atomic E-state index is 0.00101. The molecule has 5 heteroatoms. The first-order valence-corrected chi connectivity index (χ1v) is 8.03. The van der Waals surface area contributed by atoms with E-state index < -0.39 is 5.60 Å². The predicted molar refractivity (Wildman–Crippen MR) is 92.5 cm³/mol. The minimum Gasteiger partial charge on any atom is -0.475 e. The predicted octanol–water partition coefficient (Wildman–Crippen LogP) is 2.78. The summed E-state index contributed by atoms with van der Waals surface area (Å²) in [7, 11) is 0. The molecule has 0 aliphatic carbocycles. The third-order valence-electron chi connectivity index (χ3n) is 3.54. The highest BCUT2D eigenvalue weighted by molar-refractivity contribution is 5.77. The lowest BCUT2D eigenvalue weighted by Crippen LogP contribution is -2.32. The summed E-state index contributed by atoms with van der Waals surface area (Å²) < 4.78 is 5.48. The SMILES string of the molecule is CC(C)Oc1ccc(CNC(=O)CC(C)(O)c2ccccc2)cn1. The van der Waals surface area contributed by atoms with Gasteiger partial charge in [-0.05, 0) is 31.9 Å². The Bertz CT molecular complexity index is 652. The molecule has 2 N–H and O–H groups in total. The van der Waals surface area contributed by atoms with Gasteiger partial charge in [-0.3, -0.25) is 4.79 Å². The summed E-state index contributed by atoms with van der Waals surface area (Å²) in [6.07, 6.45) is 1.75. The molecule has 0 fully saturated rings. The number of nitrogens with one attached hydrogen (secondary N) is 1. The van der Waals surface area contributed by atoms with Crippen LogP contribution in [0.15, 0.2) is 48.7 Å². The first-order valence-electron chi connectivity index (χ1n) is 8.03. The number of carbonyl (C=O) groups excluding carboxylic acids is 1. The quantitative estimate of drug-likeness (QED) is 0.820. The fourth-order valence-corrected chi connectivity index (χ4v) is 2.30. The summed E-state index contributed by atoms with van der Waals surface area (Å²) in [5.74, 6) is 0.346. The molecular weight excluding hydrogens is 304 g/mol. The average molecular weight is 328 g/mol. The highest BCUT2D eigenvalue weighted by Crippen LogP contribution is 2.23. The van der Waals surface area contributed by atoms with Gasteiger partial charge in [0.05, 0.1) is 18.1 Å². The molecule has 0 radical (unpaired) electrons. The van der Waals surface area contributed by atoms with Gasteiger partial charge < -0.3 is 15.2 Å². The zero-order valence-corrected chi connectivity index (χ0v) is 14.3. The molecule has 2 aromatic rings. The van der Waals surface area contributed by atoms with Crippen molar-refractivity contribution in [2.24, 2.45) is 0 Å². The fraction of sp³-hybridized carbons (Fsp3) is 0.368. The van der Waals surface area contributed by atoms with Crippen molar-refractivity contribution in [2.75, 3.05) is 0 Å². The van der Waals surface area contributed by atoms with Gasteiger partial charge in [0.25, 0.3) is 0 Å². The van der Waals surface area contributed by atoms with Gasteiger partial charge in [-0.25, -0.2) is 4.98 Å². The van der Waals surface area contributed by atoms with Crippen LogP contribution >= 0.6 is 0 Å². The molecule has 1 heterocycles. The van der Waals surface area contributed by atoms with E-state index in [1.807, 2.05) is 50.2 Å². The monoisotopic (exact) mass is 328 g/mol. The summed E-state index contributed by atoms with van der Waals surface area (Å²) in [5, 5.41) is 13.3. The fourth-order valence-electron chi connectivity index (χ4n) is 2.30. The van der Waals surface area contributed by atoms with E-state index in [-0.39, 0.29) is 18.4 Å². The molecule has 1 unspecified atom stereocenters.